The van der Waals surface area contributed by atoms with Crippen LogP contribution in [0.1, 0.15) is 0 Å². The lowest BCUT2D eigenvalue weighted by Crippen LogP contribution is -2.64. The largest absolute Gasteiger partial charge is 0.394 e. The highest BCUT2D eigenvalue weighted by Crippen LogP contribution is 2.43. The van der Waals surface area contributed by atoms with Crippen molar-refractivity contribution < 1.29 is 99.9 Å². The van der Waals surface area contributed by atoms with Crippen molar-refractivity contribution in [2.75, 3.05) is 26.4 Å². The van der Waals surface area contributed by atoms with Gasteiger partial charge in [-0.1, -0.05) is 21.6 Å². The van der Waals surface area contributed by atoms with Gasteiger partial charge in [0.05, 0.1) is 26.4 Å². The third-order valence-electron chi connectivity index (χ3n) is 8.17. The molecule has 4 heterocycles. The van der Waals surface area contributed by atoms with Crippen molar-refractivity contribution >= 4 is 21.6 Å². The van der Waals surface area contributed by atoms with Crippen molar-refractivity contribution in [3.8, 4) is 0 Å². The lowest BCUT2D eigenvalue weighted by Gasteiger charge is -2.47. The Morgan fingerprint density at radius 3 is 1.00 bits per heavy atom. The highest BCUT2D eigenvalue weighted by molar-refractivity contribution is 8.77. The molecule has 4 fully saturated rings. The highest BCUT2D eigenvalue weighted by Gasteiger charge is 2.53. The van der Waals surface area contributed by atoms with Crippen LogP contribution in [-0.2, 0) is 28.4 Å². The molecule has 20 atom stereocenters. The van der Waals surface area contributed by atoms with Gasteiger partial charge in [-0.2, -0.15) is 0 Å². The second kappa shape index (κ2) is 16.7. The number of hydrogen-bond donors (Lipinski definition) is 14. The highest BCUT2D eigenvalue weighted by atomic mass is 33.1. The molecule has 0 aromatic rings. The minimum absolute atomic E-state index is 0.707. The third kappa shape index (κ3) is 7.94. The molecule has 46 heavy (non-hydrogen) atoms. The summed E-state index contributed by atoms with van der Waals surface area (Å²) in [5, 5.41) is 142. The van der Waals surface area contributed by atoms with E-state index in [1.54, 1.807) is 0 Å². The van der Waals surface area contributed by atoms with E-state index in [0.29, 0.717) is 21.6 Å². The first-order chi connectivity index (χ1) is 21.8. The van der Waals surface area contributed by atoms with E-state index >= 15 is 0 Å². The molecule has 4 aliphatic heterocycles. The van der Waals surface area contributed by atoms with Gasteiger partial charge < -0.3 is 99.9 Å². The van der Waals surface area contributed by atoms with Crippen LogP contribution in [0.2, 0.25) is 0 Å². The predicted molar refractivity (Wildman–Crippen MR) is 148 cm³/mol. The maximum absolute atomic E-state index is 10.8. The molecule has 4 aliphatic rings. The fourth-order valence-corrected chi connectivity index (χ4v) is 8.14. The van der Waals surface area contributed by atoms with E-state index < -0.39 is 148 Å². The molecule has 270 valence electrons. The van der Waals surface area contributed by atoms with Gasteiger partial charge in [0.2, 0.25) is 0 Å². The van der Waals surface area contributed by atoms with E-state index in [1.807, 2.05) is 0 Å². The molecule has 0 aromatic carbocycles. The Morgan fingerprint density at radius 1 is 0.370 bits per heavy atom. The molecule has 14 N–H and O–H groups in total. The van der Waals surface area contributed by atoms with E-state index in [0.717, 1.165) is 0 Å². The van der Waals surface area contributed by atoms with Crippen LogP contribution in [0, 0.1) is 0 Å². The maximum Gasteiger partial charge on any atom is 0.187 e. The minimum atomic E-state index is -1.84. The minimum Gasteiger partial charge on any atom is -0.394 e. The van der Waals surface area contributed by atoms with Crippen molar-refractivity contribution in [2.45, 2.75) is 121 Å². The summed E-state index contributed by atoms with van der Waals surface area (Å²) in [6.45, 7) is -3.06. The van der Waals surface area contributed by atoms with Crippen molar-refractivity contribution in [1.29, 1.82) is 0 Å². The smallest absolute Gasteiger partial charge is 0.187 e. The Bertz CT molecular complexity index is 864. The summed E-state index contributed by atoms with van der Waals surface area (Å²) >= 11 is 0. The van der Waals surface area contributed by atoms with Gasteiger partial charge in [0.15, 0.2) is 12.6 Å². The fourth-order valence-electron chi connectivity index (χ4n) is 5.38. The van der Waals surface area contributed by atoms with Crippen LogP contribution < -0.4 is 0 Å². The number of ether oxygens (including phenoxy) is 6. The molecule has 22 heteroatoms. The number of aliphatic hydroxyl groups excluding tert-OH is 14. The van der Waals surface area contributed by atoms with Crippen LogP contribution in [0.3, 0.4) is 0 Å². The van der Waals surface area contributed by atoms with Crippen LogP contribution in [0.15, 0.2) is 0 Å². The van der Waals surface area contributed by atoms with Crippen LogP contribution in [0.4, 0.5) is 0 Å². The first kappa shape index (κ1) is 38.7. The van der Waals surface area contributed by atoms with E-state index in [2.05, 4.69) is 0 Å². The molecule has 0 unspecified atom stereocenters. The molecule has 0 saturated carbocycles. The second-order valence-corrected chi connectivity index (χ2v) is 13.7. The average Bonchev–Trinajstić information content (AvgIpc) is 3.05. The molecule has 4 saturated heterocycles. The zero-order valence-corrected chi connectivity index (χ0v) is 25.5. The first-order valence-electron chi connectivity index (χ1n) is 14.3. The Morgan fingerprint density at radius 2 is 0.696 bits per heavy atom. The topological polar surface area (TPSA) is 339 Å². The number of hydrogen-bond acceptors (Lipinski definition) is 22. The summed E-state index contributed by atoms with van der Waals surface area (Å²) in [5.41, 5.74) is -2.65. The Labute approximate surface area is 269 Å². The second-order valence-electron chi connectivity index (χ2n) is 11.2. The third-order valence-corrected chi connectivity index (χ3v) is 10.9. The quantitative estimate of drug-likeness (QED) is 0.0883. The van der Waals surface area contributed by atoms with Gasteiger partial charge in [0.1, 0.15) is 109 Å². The van der Waals surface area contributed by atoms with E-state index in [9.17, 15) is 71.5 Å². The van der Waals surface area contributed by atoms with Gasteiger partial charge in [-0.15, -0.1) is 0 Å². The summed E-state index contributed by atoms with van der Waals surface area (Å²) in [7, 11) is 1.41. The SMILES string of the molecule is OC[C@H]1O[C@@H](O[C@H]2[C@H](O)[C@@H](O)[C@H](SS[C@@H]3O[C@H](CO)[C@@H](O[C@@H]4O[C@H](CO)[C@H](O)[C@H](O)[C@H]4O)[C@H](O)[C@H]3O)O[C@@H]2CO)[C@H](O)[C@@H](O)[C@H]1O. The summed E-state index contributed by atoms with van der Waals surface area (Å²) in [6.07, 6.45) is -29.6. The van der Waals surface area contributed by atoms with Crippen molar-refractivity contribution in [3.63, 3.8) is 0 Å². The number of rotatable bonds is 11. The molecular formula is C24H42O20S2. The Hall–Kier alpha value is -0.100. The van der Waals surface area contributed by atoms with Gasteiger partial charge >= 0.3 is 0 Å². The Balaban J connectivity index is 1.36. The summed E-state index contributed by atoms with van der Waals surface area (Å²) in [4.78, 5) is 0. The zero-order valence-electron chi connectivity index (χ0n) is 23.9. The predicted octanol–water partition coefficient (Wildman–Crippen LogP) is -8.38. The van der Waals surface area contributed by atoms with Crippen molar-refractivity contribution in [1.82, 2.24) is 0 Å². The van der Waals surface area contributed by atoms with Crippen LogP contribution in [0.5, 0.6) is 0 Å². The molecule has 0 bridgehead atoms. The van der Waals surface area contributed by atoms with Crippen LogP contribution in [0.25, 0.3) is 0 Å². The van der Waals surface area contributed by atoms with E-state index in [4.69, 9.17) is 28.4 Å². The van der Waals surface area contributed by atoms with Gasteiger partial charge in [-0.05, 0) is 0 Å². The molecule has 0 radical (unpaired) electrons. The zero-order chi connectivity index (χ0) is 34.0. The summed E-state index contributed by atoms with van der Waals surface area (Å²) in [6, 6.07) is 0. The summed E-state index contributed by atoms with van der Waals surface area (Å²) < 4.78 is 32.9. The molecule has 0 spiro atoms. The lowest BCUT2D eigenvalue weighted by atomic mass is 9.97. The van der Waals surface area contributed by atoms with Crippen molar-refractivity contribution in [2.24, 2.45) is 0 Å². The monoisotopic (exact) mass is 714 g/mol. The standard InChI is InChI=1S/C24H42O20S2/c25-1-5-9(29)11(31)15(35)21(39-5)43-19-7(3-27)41-23(17(37)13(19)33)45-46-24-18(38)14(34)20(8(4-28)42-24)44-22-16(36)12(32)10(30)6(2-26)40-22/h5-38H,1-4H2/t5-,6-,7-,8-,9+,10+,11+,12+,13-,14-,15-,16-,17-,18-,19-,20-,21+,22+,23+,24+/m1/s1. The maximum atomic E-state index is 10.8. The van der Waals surface area contributed by atoms with Crippen LogP contribution in [-0.4, -0.2) is 219 Å². The van der Waals surface area contributed by atoms with Gasteiger partial charge in [-0.25, -0.2) is 0 Å². The molecule has 0 amide bonds. The normalized spacial score (nSPS) is 52.0. The molecular weight excluding hydrogens is 672 g/mol. The molecule has 0 aromatic heterocycles. The number of aliphatic hydroxyl groups is 14. The first-order valence-corrected chi connectivity index (χ1v) is 16.6. The lowest BCUT2D eigenvalue weighted by molar-refractivity contribution is -0.338. The van der Waals surface area contributed by atoms with Crippen LogP contribution >= 0.6 is 21.6 Å². The van der Waals surface area contributed by atoms with E-state index in [-0.39, 0.29) is 0 Å². The van der Waals surface area contributed by atoms with Gasteiger partial charge in [0, 0.05) is 0 Å². The van der Waals surface area contributed by atoms with Gasteiger partial charge in [-0.3, -0.25) is 0 Å². The van der Waals surface area contributed by atoms with Gasteiger partial charge in [0.25, 0.3) is 0 Å². The van der Waals surface area contributed by atoms with Crippen molar-refractivity contribution in [3.05, 3.63) is 0 Å². The molecule has 4 rings (SSSR count). The van der Waals surface area contributed by atoms with E-state index in [1.165, 1.54) is 0 Å². The summed E-state index contributed by atoms with van der Waals surface area (Å²) in [5.74, 6) is 0. The fraction of sp³-hybridized carbons (Fsp3) is 1.00. The molecule has 20 nitrogen and oxygen atoms in total. The average molecular weight is 715 g/mol. The molecule has 0 aliphatic carbocycles. The Kier molecular flexibility index (Phi) is 14.1.